The maximum atomic E-state index is 12.8. The topological polar surface area (TPSA) is 96.2 Å². The second-order valence-corrected chi connectivity index (χ2v) is 9.04. The Balaban J connectivity index is 1.82. The third kappa shape index (κ3) is 10.0. The van der Waals surface area contributed by atoms with E-state index in [1.807, 2.05) is 12.2 Å². The molecule has 1 aliphatic rings. The van der Waals surface area contributed by atoms with E-state index >= 15 is 0 Å². The highest BCUT2D eigenvalue weighted by Crippen LogP contribution is 2.36. The van der Waals surface area contributed by atoms with E-state index in [0.29, 0.717) is 25.7 Å². The minimum absolute atomic E-state index is 0.0101. The summed E-state index contributed by atoms with van der Waals surface area (Å²) in [6.07, 6.45) is 2.09. The lowest BCUT2D eigenvalue weighted by Gasteiger charge is -2.19. The zero-order valence-corrected chi connectivity index (χ0v) is 20.0. The van der Waals surface area contributed by atoms with Gasteiger partial charge in [0.25, 0.3) is 0 Å². The van der Waals surface area contributed by atoms with E-state index in [4.69, 9.17) is 9.47 Å². The van der Waals surface area contributed by atoms with Gasteiger partial charge in [-0.15, -0.1) is 0 Å². The molecule has 0 amide bonds. The van der Waals surface area contributed by atoms with Gasteiger partial charge >= 0.3 is 12.1 Å². The van der Waals surface area contributed by atoms with E-state index in [9.17, 15) is 33.3 Å². The number of aliphatic hydroxyl groups is 3. The largest absolute Gasteiger partial charge is 0.491 e. The summed E-state index contributed by atoms with van der Waals surface area (Å²) in [4.78, 5) is 11.5. The first-order valence-electron chi connectivity index (χ1n) is 11.8. The maximum absolute atomic E-state index is 12.8. The number of esters is 1. The van der Waals surface area contributed by atoms with Crippen molar-refractivity contribution in [1.82, 2.24) is 0 Å². The molecule has 2 rings (SSSR count). The quantitative estimate of drug-likeness (QED) is 0.223. The van der Waals surface area contributed by atoms with Gasteiger partial charge in [0.1, 0.15) is 18.5 Å². The van der Waals surface area contributed by atoms with Crippen molar-refractivity contribution in [3.05, 3.63) is 54.1 Å². The number of alkyl halides is 3. The van der Waals surface area contributed by atoms with Crippen molar-refractivity contribution in [2.24, 2.45) is 11.8 Å². The van der Waals surface area contributed by atoms with Crippen molar-refractivity contribution < 1.29 is 42.8 Å². The molecule has 5 atom stereocenters. The SMILES string of the molecule is CC(C)OC(=O)CCC/C=C\CC1C(/C=C/[C@@H](O)COc2cccc(C(F)(F)F)c2)[C@H](O)C[C@@H]1O. The molecular weight excluding hydrogens is 465 g/mol. The second kappa shape index (κ2) is 13.7. The van der Waals surface area contributed by atoms with Gasteiger partial charge in [-0.25, -0.2) is 0 Å². The smallest absolute Gasteiger partial charge is 0.416 e. The first kappa shape index (κ1) is 28.9. The molecule has 196 valence electrons. The summed E-state index contributed by atoms with van der Waals surface area (Å²) in [6, 6.07) is 4.40. The molecule has 3 N–H and O–H groups in total. The van der Waals surface area contributed by atoms with Crippen LogP contribution in [0, 0.1) is 11.8 Å². The van der Waals surface area contributed by atoms with Crippen LogP contribution in [0.25, 0.3) is 0 Å². The van der Waals surface area contributed by atoms with Gasteiger partial charge in [-0.05, 0) is 57.2 Å². The zero-order chi connectivity index (χ0) is 26.0. The van der Waals surface area contributed by atoms with Crippen molar-refractivity contribution in [2.75, 3.05) is 6.61 Å². The maximum Gasteiger partial charge on any atom is 0.416 e. The predicted octanol–water partition coefficient (Wildman–Crippen LogP) is 4.43. The summed E-state index contributed by atoms with van der Waals surface area (Å²) < 4.78 is 48.8. The summed E-state index contributed by atoms with van der Waals surface area (Å²) >= 11 is 0. The summed E-state index contributed by atoms with van der Waals surface area (Å²) in [7, 11) is 0. The Kier molecular flexibility index (Phi) is 11.3. The third-order valence-electron chi connectivity index (χ3n) is 5.75. The third-order valence-corrected chi connectivity index (χ3v) is 5.75. The van der Waals surface area contributed by atoms with Crippen LogP contribution in [0.15, 0.2) is 48.6 Å². The standard InChI is InChI=1S/C26H35F3O6/c1-17(2)35-25(33)11-6-4-3-5-10-21-22(24(32)15-23(21)31)13-12-19(30)16-34-20-9-7-8-18(14-20)26(27,28)29/h3,5,7-9,12-14,17,19,21-24,30-32H,4,6,10-11,15-16H2,1-2H3/b5-3-,13-12+/t19-,21?,22?,23+,24-/m1/s1. The molecule has 9 heteroatoms. The van der Waals surface area contributed by atoms with Gasteiger partial charge in [0.15, 0.2) is 0 Å². The summed E-state index contributed by atoms with van der Waals surface area (Å²) in [6.45, 7) is 3.34. The van der Waals surface area contributed by atoms with E-state index in [2.05, 4.69) is 0 Å². The summed E-state index contributed by atoms with van der Waals surface area (Å²) in [5.41, 5.74) is -0.838. The number of rotatable bonds is 12. The molecule has 2 unspecified atom stereocenters. The number of carbonyl (C=O) groups excluding carboxylic acids is 1. The second-order valence-electron chi connectivity index (χ2n) is 9.04. The van der Waals surface area contributed by atoms with Crippen molar-refractivity contribution in [2.45, 2.75) is 76.5 Å². The van der Waals surface area contributed by atoms with Crippen LogP contribution in [0.4, 0.5) is 13.2 Å². The van der Waals surface area contributed by atoms with Crippen molar-refractivity contribution >= 4 is 5.97 Å². The molecule has 0 saturated heterocycles. The van der Waals surface area contributed by atoms with Gasteiger partial charge in [-0.1, -0.05) is 30.4 Å². The van der Waals surface area contributed by atoms with Crippen LogP contribution in [-0.4, -0.2) is 52.3 Å². The average Bonchev–Trinajstić information content (AvgIpc) is 3.04. The highest BCUT2D eigenvalue weighted by molar-refractivity contribution is 5.69. The van der Waals surface area contributed by atoms with Gasteiger partial charge in [-0.3, -0.25) is 4.79 Å². The number of unbranched alkanes of at least 4 members (excludes halogenated alkanes) is 1. The summed E-state index contributed by atoms with van der Waals surface area (Å²) in [5, 5.41) is 30.8. The molecule has 1 fully saturated rings. The molecule has 0 bridgehead atoms. The fraction of sp³-hybridized carbons (Fsp3) is 0.577. The minimum atomic E-state index is -4.49. The van der Waals surface area contributed by atoms with Gasteiger partial charge in [0, 0.05) is 18.8 Å². The van der Waals surface area contributed by atoms with Gasteiger partial charge in [0.2, 0.25) is 0 Å². The van der Waals surface area contributed by atoms with Crippen LogP contribution in [-0.2, 0) is 15.7 Å². The Morgan fingerprint density at radius 3 is 2.63 bits per heavy atom. The molecule has 0 aliphatic heterocycles. The van der Waals surface area contributed by atoms with Gasteiger partial charge in [0.05, 0.1) is 23.9 Å². The number of halogens is 3. The number of allylic oxidation sites excluding steroid dienone is 2. The average molecular weight is 501 g/mol. The van der Waals surface area contributed by atoms with Crippen molar-refractivity contribution in [1.29, 1.82) is 0 Å². The van der Waals surface area contributed by atoms with Gasteiger partial charge in [-0.2, -0.15) is 13.2 Å². The van der Waals surface area contributed by atoms with Crippen molar-refractivity contribution in [3.63, 3.8) is 0 Å². The lowest BCUT2D eigenvalue weighted by atomic mass is 9.89. The minimum Gasteiger partial charge on any atom is -0.491 e. The molecule has 0 aromatic heterocycles. The van der Waals surface area contributed by atoms with Crippen LogP contribution in [0.2, 0.25) is 0 Å². The fourth-order valence-corrected chi connectivity index (χ4v) is 4.02. The van der Waals surface area contributed by atoms with Crippen molar-refractivity contribution in [3.8, 4) is 5.75 Å². The predicted molar refractivity (Wildman–Crippen MR) is 125 cm³/mol. The van der Waals surface area contributed by atoms with E-state index in [1.165, 1.54) is 18.2 Å². The highest BCUT2D eigenvalue weighted by Gasteiger charge is 2.39. The van der Waals surface area contributed by atoms with E-state index in [-0.39, 0.29) is 42.7 Å². The number of carbonyl (C=O) groups is 1. The van der Waals surface area contributed by atoms with Gasteiger partial charge < -0.3 is 24.8 Å². The van der Waals surface area contributed by atoms with Crippen LogP contribution in [0.1, 0.15) is 51.5 Å². The Hall–Kier alpha value is -2.36. The molecule has 1 saturated carbocycles. The number of hydrogen-bond acceptors (Lipinski definition) is 6. The van der Waals surface area contributed by atoms with Crippen LogP contribution in [0.3, 0.4) is 0 Å². The molecule has 35 heavy (non-hydrogen) atoms. The number of ether oxygens (including phenoxy) is 2. The van der Waals surface area contributed by atoms with E-state index in [0.717, 1.165) is 12.1 Å². The Labute approximate surface area is 204 Å². The molecule has 1 aromatic rings. The first-order valence-corrected chi connectivity index (χ1v) is 11.8. The van der Waals surface area contributed by atoms with Crippen LogP contribution in [0.5, 0.6) is 5.75 Å². The number of hydrogen-bond donors (Lipinski definition) is 3. The molecule has 0 heterocycles. The zero-order valence-electron chi connectivity index (χ0n) is 20.0. The highest BCUT2D eigenvalue weighted by atomic mass is 19.4. The molecule has 6 nitrogen and oxygen atoms in total. The lowest BCUT2D eigenvalue weighted by Crippen LogP contribution is -2.21. The number of aliphatic hydroxyl groups excluding tert-OH is 3. The molecule has 1 aliphatic carbocycles. The fourth-order valence-electron chi connectivity index (χ4n) is 4.02. The van der Waals surface area contributed by atoms with E-state index in [1.54, 1.807) is 19.9 Å². The van der Waals surface area contributed by atoms with Crippen LogP contribution < -0.4 is 4.74 Å². The Morgan fingerprint density at radius 1 is 1.20 bits per heavy atom. The molecule has 1 aromatic carbocycles. The normalized spacial score (nSPS) is 23.9. The number of benzene rings is 1. The lowest BCUT2D eigenvalue weighted by molar-refractivity contribution is -0.147. The van der Waals surface area contributed by atoms with E-state index < -0.39 is 30.1 Å². The molecular formula is C26H35F3O6. The molecule has 0 radical (unpaired) electrons. The Bertz CT molecular complexity index is 852. The first-order chi connectivity index (χ1) is 16.5. The molecule has 0 spiro atoms. The summed E-state index contributed by atoms with van der Waals surface area (Å²) in [5.74, 6) is -0.883. The monoisotopic (exact) mass is 500 g/mol. The Morgan fingerprint density at radius 2 is 1.94 bits per heavy atom. The van der Waals surface area contributed by atoms with Crippen LogP contribution >= 0.6 is 0 Å².